The van der Waals surface area contributed by atoms with Gasteiger partial charge in [-0.25, -0.2) is 17.8 Å². The summed E-state index contributed by atoms with van der Waals surface area (Å²) in [6, 6.07) is 13.8. The van der Waals surface area contributed by atoms with Crippen LogP contribution in [0, 0.1) is 13.8 Å². The predicted molar refractivity (Wildman–Crippen MR) is 117 cm³/mol. The lowest BCUT2D eigenvalue weighted by molar-refractivity contribution is 0.576. The molecule has 154 valence electrons. The molecule has 1 N–H and O–H groups in total. The Labute approximate surface area is 173 Å². The molecule has 0 saturated heterocycles. The summed E-state index contributed by atoms with van der Waals surface area (Å²) in [4.78, 5) is 0.380. The molecule has 0 spiro atoms. The number of nitrogens with zero attached hydrogens (tertiary/aromatic N) is 2. The van der Waals surface area contributed by atoms with Crippen LogP contribution in [0.5, 0.6) is 0 Å². The van der Waals surface area contributed by atoms with Crippen molar-refractivity contribution in [2.24, 2.45) is 0 Å². The largest absolute Gasteiger partial charge is 0.241 e. The minimum absolute atomic E-state index is 0.0237. The second kappa shape index (κ2) is 8.13. The average molecular weight is 412 g/mol. The molecule has 5 nitrogen and oxygen atoms in total. The summed E-state index contributed by atoms with van der Waals surface area (Å²) < 4.78 is 30.4. The monoisotopic (exact) mass is 411 g/mol. The van der Waals surface area contributed by atoms with Crippen LogP contribution in [0.3, 0.4) is 0 Å². The highest BCUT2D eigenvalue weighted by Gasteiger charge is 2.23. The first-order valence-corrected chi connectivity index (χ1v) is 11.3. The second-order valence-corrected chi connectivity index (χ2v) is 10.2. The maximum Gasteiger partial charge on any atom is 0.241 e. The zero-order valence-corrected chi connectivity index (χ0v) is 18.5. The zero-order chi connectivity index (χ0) is 21.2. The van der Waals surface area contributed by atoms with Gasteiger partial charge >= 0.3 is 0 Å². The Morgan fingerprint density at radius 1 is 1.03 bits per heavy atom. The third-order valence-corrected chi connectivity index (χ3v) is 6.72. The maximum atomic E-state index is 12.9. The van der Waals surface area contributed by atoms with E-state index < -0.39 is 10.0 Å². The minimum atomic E-state index is -3.58. The number of hydrogen-bond donors (Lipinski definition) is 1. The van der Waals surface area contributed by atoms with E-state index >= 15 is 0 Å². The number of nitrogens with one attached hydrogen (secondary N) is 1. The molecule has 0 aliphatic rings. The SMILES string of the molecule is Cc1cc(C(C)(C)C)cc(C)c1S(=O)(=O)NCCc1cnn(-c2ccccc2)c1. The van der Waals surface area contributed by atoms with Crippen molar-refractivity contribution in [3.8, 4) is 5.69 Å². The molecule has 3 rings (SSSR count). The van der Waals surface area contributed by atoms with E-state index in [9.17, 15) is 8.42 Å². The van der Waals surface area contributed by atoms with Gasteiger partial charge in [0, 0.05) is 12.7 Å². The molecule has 2 aromatic carbocycles. The number of sulfonamides is 1. The molecule has 0 bridgehead atoms. The van der Waals surface area contributed by atoms with E-state index in [4.69, 9.17) is 0 Å². The van der Waals surface area contributed by atoms with Crippen molar-refractivity contribution in [2.75, 3.05) is 6.54 Å². The smallest absolute Gasteiger partial charge is 0.241 e. The minimum Gasteiger partial charge on any atom is -0.241 e. The predicted octanol–water partition coefficient (Wildman–Crippen LogP) is 4.31. The van der Waals surface area contributed by atoms with Crippen molar-refractivity contribution in [1.82, 2.24) is 14.5 Å². The molecular weight excluding hydrogens is 382 g/mol. The second-order valence-electron chi connectivity index (χ2n) is 8.47. The van der Waals surface area contributed by atoms with Gasteiger partial charge in [0.2, 0.25) is 10.0 Å². The van der Waals surface area contributed by atoms with Crippen molar-refractivity contribution < 1.29 is 8.42 Å². The van der Waals surface area contributed by atoms with Crippen molar-refractivity contribution in [3.05, 3.63) is 77.1 Å². The van der Waals surface area contributed by atoms with E-state index in [1.54, 1.807) is 10.9 Å². The van der Waals surface area contributed by atoms with Gasteiger partial charge in [-0.05, 0) is 60.1 Å². The third kappa shape index (κ3) is 4.95. The van der Waals surface area contributed by atoms with Gasteiger partial charge in [0.05, 0.1) is 16.8 Å². The molecule has 0 atom stereocenters. The van der Waals surface area contributed by atoms with Crippen LogP contribution in [0.1, 0.15) is 43.0 Å². The van der Waals surface area contributed by atoms with Crippen LogP contribution < -0.4 is 4.72 Å². The highest BCUT2D eigenvalue weighted by Crippen LogP contribution is 2.29. The molecule has 0 aliphatic carbocycles. The lowest BCUT2D eigenvalue weighted by Crippen LogP contribution is -2.27. The normalized spacial score (nSPS) is 12.3. The van der Waals surface area contributed by atoms with Crippen LogP contribution >= 0.6 is 0 Å². The summed E-state index contributed by atoms with van der Waals surface area (Å²) in [6.07, 6.45) is 4.28. The fourth-order valence-corrected chi connectivity index (χ4v) is 4.90. The van der Waals surface area contributed by atoms with Crippen molar-refractivity contribution in [1.29, 1.82) is 0 Å². The van der Waals surface area contributed by atoms with Crippen LogP contribution in [0.25, 0.3) is 5.69 Å². The Kier molecular flexibility index (Phi) is 5.96. The molecule has 0 unspecified atom stereocenters. The molecule has 1 heterocycles. The third-order valence-electron chi connectivity index (χ3n) is 4.96. The topological polar surface area (TPSA) is 64.0 Å². The molecule has 0 fully saturated rings. The summed E-state index contributed by atoms with van der Waals surface area (Å²) >= 11 is 0. The van der Waals surface area contributed by atoms with Crippen LogP contribution in [0.15, 0.2) is 59.8 Å². The van der Waals surface area contributed by atoms with E-state index in [1.165, 1.54) is 0 Å². The summed E-state index contributed by atoms with van der Waals surface area (Å²) in [5, 5.41) is 4.36. The maximum absolute atomic E-state index is 12.9. The van der Waals surface area contributed by atoms with Crippen molar-refractivity contribution >= 4 is 10.0 Å². The van der Waals surface area contributed by atoms with Gasteiger partial charge in [-0.2, -0.15) is 5.10 Å². The van der Waals surface area contributed by atoms with Gasteiger partial charge in [-0.3, -0.25) is 0 Å². The number of rotatable bonds is 6. The zero-order valence-electron chi connectivity index (χ0n) is 17.7. The fourth-order valence-electron chi connectivity index (χ4n) is 3.42. The molecular formula is C23H29N3O2S. The lowest BCUT2D eigenvalue weighted by Gasteiger charge is -2.22. The molecule has 0 saturated carbocycles. The van der Waals surface area contributed by atoms with Crippen LogP contribution in [0.2, 0.25) is 0 Å². The lowest BCUT2D eigenvalue weighted by atomic mass is 9.85. The molecule has 6 heteroatoms. The molecule has 0 radical (unpaired) electrons. The number of aryl methyl sites for hydroxylation is 2. The van der Waals surface area contributed by atoms with E-state index in [1.807, 2.05) is 62.5 Å². The number of aromatic nitrogens is 2. The Balaban J connectivity index is 1.70. The van der Waals surface area contributed by atoms with Crippen molar-refractivity contribution in [2.45, 2.75) is 51.3 Å². The Morgan fingerprint density at radius 2 is 1.66 bits per heavy atom. The molecule has 0 aliphatic heterocycles. The molecule has 29 heavy (non-hydrogen) atoms. The highest BCUT2D eigenvalue weighted by molar-refractivity contribution is 7.89. The Bertz CT molecular complexity index is 1070. The number of para-hydroxylation sites is 1. The highest BCUT2D eigenvalue weighted by atomic mass is 32.2. The van der Waals surface area contributed by atoms with E-state index in [0.29, 0.717) is 17.9 Å². The number of hydrogen-bond acceptors (Lipinski definition) is 3. The van der Waals surface area contributed by atoms with E-state index in [-0.39, 0.29) is 5.41 Å². The molecule has 0 amide bonds. The van der Waals surface area contributed by atoms with Gasteiger partial charge in [0.1, 0.15) is 0 Å². The number of benzene rings is 2. The van der Waals surface area contributed by atoms with Crippen LogP contribution in [0.4, 0.5) is 0 Å². The molecule has 3 aromatic rings. The quantitative estimate of drug-likeness (QED) is 0.657. The van der Waals surface area contributed by atoms with Gasteiger partial charge < -0.3 is 0 Å². The van der Waals surface area contributed by atoms with E-state index in [2.05, 4.69) is 30.6 Å². The van der Waals surface area contributed by atoms with Gasteiger partial charge in [-0.1, -0.05) is 51.1 Å². The fraction of sp³-hybridized carbons (Fsp3) is 0.348. The summed E-state index contributed by atoms with van der Waals surface area (Å²) in [5.74, 6) is 0. The Morgan fingerprint density at radius 3 is 2.24 bits per heavy atom. The Hall–Kier alpha value is -2.44. The van der Waals surface area contributed by atoms with Gasteiger partial charge in [0.15, 0.2) is 0 Å². The van der Waals surface area contributed by atoms with Crippen LogP contribution in [-0.4, -0.2) is 24.7 Å². The van der Waals surface area contributed by atoms with E-state index in [0.717, 1.165) is 27.9 Å². The van der Waals surface area contributed by atoms with Gasteiger partial charge in [0.25, 0.3) is 0 Å². The first-order chi connectivity index (χ1) is 13.6. The average Bonchev–Trinajstić information content (AvgIpc) is 3.09. The summed E-state index contributed by atoms with van der Waals surface area (Å²) in [7, 11) is -3.58. The van der Waals surface area contributed by atoms with Gasteiger partial charge in [-0.15, -0.1) is 0 Å². The summed E-state index contributed by atoms with van der Waals surface area (Å²) in [5.41, 5.74) is 4.63. The van der Waals surface area contributed by atoms with Crippen LogP contribution in [-0.2, 0) is 21.9 Å². The summed E-state index contributed by atoms with van der Waals surface area (Å²) in [6.45, 7) is 10.4. The first kappa shape index (κ1) is 21.3. The van der Waals surface area contributed by atoms with Crippen molar-refractivity contribution in [3.63, 3.8) is 0 Å². The standard InChI is InChI=1S/C23H29N3O2S/c1-17-13-20(23(3,4)5)14-18(2)22(17)29(27,28)25-12-11-19-15-24-26(16-19)21-9-7-6-8-10-21/h6-10,13-16,25H,11-12H2,1-5H3. The first-order valence-electron chi connectivity index (χ1n) is 9.78. The molecule has 1 aromatic heterocycles.